The average molecular weight is 433 g/mol. The van der Waals surface area contributed by atoms with Crippen molar-refractivity contribution in [3.05, 3.63) is 18.0 Å². The van der Waals surface area contributed by atoms with Crippen molar-refractivity contribution in [1.29, 1.82) is 0 Å². The van der Waals surface area contributed by atoms with E-state index in [4.69, 9.17) is 0 Å². The first-order valence-corrected chi connectivity index (χ1v) is 8.52. The maximum atomic E-state index is 4.68. The van der Waals surface area contributed by atoms with Crippen LogP contribution in [0.1, 0.15) is 52.0 Å². The number of guanidine groups is 1. The van der Waals surface area contributed by atoms with E-state index in [0.29, 0.717) is 11.5 Å². The van der Waals surface area contributed by atoms with Gasteiger partial charge in [-0.2, -0.15) is 5.10 Å². The van der Waals surface area contributed by atoms with Gasteiger partial charge < -0.3 is 10.6 Å². The normalized spacial score (nSPS) is 18.3. The summed E-state index contributed by atoms with van der Waals surface area (Å²) in [5.74, 6) is 0.941. The van der Waals surface area contributed by atoms with E-state index in [1.165, 1.54) is 31.2 Å². The second-order valence-electron chi connectivity index (χ2n) is 7.12. The number of aliphatic imine (C=N–C) groups is 1. The fourth-order valence-electron chi connectivity index (χ4n) is 2.91. The fraction of sp³-hybridized carbons (Fsp3) is 0.765. The molecule has 1 aliphatic rings. The topological polar surface area (TPSA) is 54.2 Å². The van der Waals surface area contributed by atoms with E-state index in [2.05, 4.69) is 54.6 Å². The van der Waals surface area contributed by atoms with Crippen LogP contribution in [-0.4, -0.2) is 34.9 Å². The number of aromatic nitrogens is 2. The molecule has 1 aromatic heterocycles. The second kappa shape index (κ2) is 9.49. The zero-order valence-corrected chi connectivity index (χ0v) is 17.3. The van der Waals surface area contributed by atoms with Crippen LogP contribution in [-0.2, 0) is 6.54 Å². The zero-order chi connectivity index (χ0) is 16.0. The lowest BCUT2D eigenvalue weighted by atomic mass is 9.75. The van der Waals surface area contributed by atoms with Crippen molar-refractivity contribution in [2.45, 2.75) is 66.0 Å². The van der Waals surface area contributed by atoms with Crippen molar-refractivity contribution in [3.63, 3.8) is 0 Å². The SMILES string of the molecule is CCNC(=NCCn1cc(C)cn1)NC1CCC(C)(C)CC1.I. The minimum absolute atomic E-state index is 0. The molecule has 0 spiro atoms. The van der Waals surface area contributed by atoms with Crippen molar-refractivity contribution in [1.82, 2.24) is 20.4 Å². The van der Waals surface area contributed by atoms with Gasteiger partial charge in [-0.3, -0.25) is 9.67 Å². The molecule has 0 aromatic carbocycles. The molecule has 0 unspecified atom stereocenters. The summed E-state index contributed by atoms with van der Waals surface area (Å²) in [4.78, 5) is 4.68. The largest absolute Gasteiger partial charge is 0.357 e. The molecule has 5 nitrogen and oxygen atoms in total. The minimum Gasteiger partial charge on any atom is -0.357 e. The van der Waals surface area contributed by atoms with Crippen LogP contribution >= 0.6 is 24.0 Å². The lowest BCUT2D eigenvalue weighted by Crippen LogP contribution is -2.45. The first-order chi connectivity index (χ1) is 10.5. The highest BCUT2D eigenvalue weighted by Crippen LogP contribution is 2.34. The summed E-state index contributed by atoms with van der Waals surface area (Å²) in [7, 11) is 0. The van der Waals surface area contributed by atoms with Gasteiger partial charge in [-0.1, -0.05) is 13.8 Å². The van der Waals surface area contributed by atoms with E-state index in [1.807, 2.05) is 10.9 Å². The Bertz CT molecular complexity index is 485. The molecule has 1 saturated carbocycles. The van der Waals surface area contributed by atoms with Crippen LogP contribution in [0.3, 0.4) is 0 Å². The Labute approximate surface area is 157 Å². The molecule has 2 rings (SSSR count). The molecule has 0 saturated heterocycles. The van der Waals surface area contributed by atoms with E-state index in [9.17, 15) is 0 Å². The van der Waals surface area contributed by atoms with Gasteiger partial charge in [0.15, 0.2) is 5.96 Å². The number of nitrogens with one attached hydrogen (secondary N) is 2. The lowest BCUT2D eigenvalue weighted by molar-refractivity contribution is 0.216. The third kappa shape index (κ3) is 7.10. The number of rotatable bonds is 5. The zero-order valence-electron chi connectivity index (χ0n) is 14.9. The Hall–Kier alpha value is -0.790. The predicted octanol–water partition coefficient (Wildman–Crippen LogP) is 3.33. The maximum Gasteiger partial charge on any atom is 0.191 e. The molecule has 132 valence electrons. The quantitative estimate of drug-likeness (QED) is 0.426. The van der Waals surface area contributed by atoms with Crippen molar-refractivity contribution in [2.24, 2.45) is 10.4 Å². The maximum absolute atomic E-state index is 4.68. The molecule has 1 fully saturated rings. The summed E-state index contributed by atoms with van der Waals surface area (Å²) < 4.78 is 1.95. The molecule has 2 N–H and O–H groups in total. The Balaban J connectivity index is 0.00000264. The molecule has 0 amide bonds. The van der Waals surface area contributed by atoms with Crippen LogP contribution in [0.5, 0.6) is 0 Å². The summed E-state index contributed by atoms with van der Waals surface area (Å²) in [6.07, 6.45) is 8.98. The van der Waals surface area contributed by atoms with Crippen molar-refractivity contribution < 1.29 is 0 Å². The smallest absolute Gasteiger partial charge is 0.191 e. The molecule has 1 aromatic rings. The van der Waals surface area contributed by atoms with Crippen LogP contribution in [0.15, 0.2) is 17.4 Å². The average Bonchev–Trinajstić information content (AvgIpc) is 2.87. The van der Waals surface area contributed by atoms with Gasteiger partial charge in [-0.05, 0) is 50.5 Å². The molecule has 0 radical (unpaired) electrons. The van der Waals surface area contributed by atoms with Gasteiger partial charge in [0.25, 0.3) is 0 Å². The van der Waals surface area contributed by atoms with Gasteiger partial charge in [0, 0.05) is 18.8 Å². The molecule has 1 aliphatic carbocycles. The Morgan fingerprint density at radius 2 is 2.09 bits per heavy atom. The second-order valence-corrected chi connectivity index (χ2v) is 7.12. The summed E-state index contributed by atoms with van der Waals surface area (Å²) in [6, 6.07) is 0.553. The molecule has 6 heteroatoms. The third-order valence-corrected chi connectivity index (χ3v) is 4.39. The highest BCUT2D eigenvalue weighted by molar-refractivity contribution is 14.0. The fourth-order valence-corrected chi connectivity index (χ4v) is 2.91. The van der Waals surface area contributed by atoms with E-state index in [-0.39, 0.29) is 24.0 Å². The van der Waals surface area contributed by atoms with Crippen molar-refractivity contribution in [2.75, 3.05) is 13.1 Å². The Morgan fingerprint density at radius 3 is 2.65 bits per heavy atom. The summed E-state index contributed by atoms with van der Waals surface area (Å²) in [5.41, 5.74) is 1.70. The van der Waals surface area contributed by atoms with Crippen LogP contribution in [0.2, 0.25) is 0 Å². The van der Waals surface area contributed by atoms with Gasteiger partial charge in [0.05, 0.1) is 19.3 Å². The number of nitrogens with zero attached hydrogens (tertiary/aromatic N) is 3. The summed E-state index contributed by atoms with van der Waals surface area (Å²) in [6.45, 7) is 11.4. The molecule has 0 atom stereocenters. The van der Waals surface area contributed by atoms with E-state index in [1.54, 1.807) is 0 Å². The van der Waals surface area contributed by atoms with E-state index >= 15 is 0 Å². The Morgan fingerprint density at radius 1 is 1.39 bits per heavy atom. The number of hydrogen-bond acceptors (Lipinski definition) is 2. The molecular weight excluding hydrogens is 401 g/mol. The lowest BCUT2D eigenvalue weighted by Gasteiger charge is -2.35. The molecule has 1 heterocycles. The van der Waals surface area contributed by atoms with Crippen LogP contribution in [0, 0.1) is 12.3 Å². The van der Waals surface area contributed by atoms with E-state index < -0.39 is 0 Å². The van der Waals surface area contributed by atoms with Gasteiger partial charge in [-0.25, -0.2) is 0 Å². The first-order valence-electron chi connectivity index (χ1n) is 8.52. The van der Waals surface area contributed by atoms with Gasteiger partial charge in [-0.15, -0.1) is 24.0 Å². The molecule has 23 heavy (non-hydrogen) atoms. The standard InChI is InChI=1S/C17H31N5.HI/c1-5-18-16(19-10-11-22-13-14(2)12-20-22)21-15-6-8-17(3,4)9-7-15;/h12-13,15H,5-11H2,1-4H3,(H2,18,19,21);1H. The van der Waals surface area contributed by atoms with Crippen LogP contribution < -0.4 is 10.6 Å². The summed E-state index contributed by atoms with van der Waals surface area (Å²) in [5, 5.41) is 11.2. The minimum atomic E-state index is 0. The van der Waals surface area contributed by atoms with Gasteiger partial charge >= 0.3 is 0 Å². The molecule has 0 bridgehead atoms. The van der Waals surface area contributed by atoms with Crippen LogP contribution in [0.25, 0.3) is 0 Å². The number of halogens is 1. The number of aryl methyl sites for hydroxylation is 1. The highest BCUT2D eigenvalue weighted by Gasteiger charge is 2.27. The van der Waals surface area contributed by atoms with Gasteiger partial charge in [0.2, 0.25) is 0 Å². The van der Waals surface area contributed by atoms with Gasteiger partial charge in [0.1, 0.15) is 0 Å². The summed E-state index contributed by atoms with van der Waals surface area (Å²) >= 11 is 0. The first kappa shape index (κ1) is 20.3. The molecule has 0 aliphatic heterocycles. The molecular formula is C17H32IN5. The van der Waals surface area contributed by atoms with Crippen molar-refractivity contribution in [3.8, 4) is 0 Å². The van der Waals surface area contributed by atoms with Crippen LogP contribution in [0.4, 0.5) is 0 Å². The monoisotopic (exact) mass is 433 g/mol. The highest BCUT2D eigenvalue weighted by atomic mass is 127. The predicted molar refractivity (Wildman–Crippen MR) is 108 cm³/mol. The van der Waals surface area contributed by atoms with E-state index in [0.717, 1.165) is 25.6 Å². The number of hydrogen-bond donors (Lipinski definition) is 2. The third-order valence-electron chi connectivity index (χ3n) is 4.39. The van der Waals surface area contributed by atoms with Crippen molar-refractivity contribution >= 4 is 29.9 Å². The Kier molecular flexibility index (Phi) is 8.36.